The molecule has 0 amide bonds. The molecule has 0 fully saturated rings. The summed E-state index contributed by atoms with van der Waals surface area (Å²) >= 11 is 0. The molecule has 0 heterocycles. The van der Waals surface area contributed by atoms with Crippen LogP contribution in [0.4, 0.5) is 5.69 Å². The lowest BCUT2D eigenvalue weighted by Gasteiger charge is -2.08. The number of nitrogens with one attached hydrogen (secondary N) is 1. The van der Waals surface area contributed by atoms with Gasteiger partial charge in [-0.3, -0.25) is 4.72 Å². The second-order valence-corrected chi connectivity index (χ2v) is 8.52. The van der Waals surface area contributed by atoms with E-state index in [1.807, 2.05) is 6.07 Å². The van der Waals surface area contributed by atoms with Gasteiger partial charge in [-0.05, 0) is 30.5 Å². The maximum absolute atomic E-state index is 11.6. The molecule has 1 aromatic carbocycles. The van der Waals surface area contributed by atoms with E-state index in [1.54, 1.807) is 18.2 Å². The summed E-state index contributed by atoms with van der Waals surface area (Å²) < 4.78 is 47.4. The van der Waals surface area contributed by atoms with Crippen molar-refractivity contribution in [1.29, 1.82) is 0 Å². The summed E-state index contributed by atoms with van der Waals surface area (Å²) in [5.41, 5.74) is 1.19. The van der Waals surface area contributed by atoms with Crippen LogP contribution in [0.1, 0.15) is 12.0 Å². The van der Waals surface area contributed by atoms with Gasteiger partial charge < -0.3 is 5.11 Å². The van der Waals surface area contributed by atoms with Crippen LogP contribution in [0.2, 0.25) is 0 Å². The summed E-state index contributed by atoms with van der Waals surface area (Å²) in [6, 6.07) is 6.65. The van der Waals surface area contributed by atoms with E-state index in [2.05, 4.69) is 4.72 Å². The standard InChI is InChI=1S/C11H17NO5S2/c1-18(14,15)9-19(16,17)12-11-6-2-4-10(8-11)5-3-7-13/h2,4,6,8,12-13H,3,5,7,9H2,1H3. The molecule has 108 valence electrons. The molecule has 8 heteroatoms. The number of rotatable bonds is 7. The van der Waals surface area contributed by atoms with Gasteiger partial charge in [-0.2, -0.15) is 0 Å². The Morgan fingerprint density at radius 3 is 2.47 bits per heavy atom. The summed E-state index contributed by atoms with van der Waals surface area (Å²) in [6.07, 6.45) is 2.07. The predicted octanol–water partition coefficient (Wildman–Crippen LogP) is 0.355. The largest absolute Gasteiger partial charge is 0.396 e. The Balaban J connectivity index is 2.82. The molecule has 6 nitrogen and oxygen atoms in total. The molecule has 19 heavy (non-hydrogen) atoms. The highest BCUT2D eigenvalue weighted by Gasteiger charge is 2.18. The van der Waals surface area contributed by atoms with Gasteiger partial charge in [-0.25, -0.2) is 16.8 Å². The molecule has 2 N–H and O–H groups in total. The van der Waals surface area contributed by atoms with Gasteiger partial charge in [-0.15, -0.1) is 0 Å². The van der Waals surface area contributed by atoms with Crippen molar-refractivity contribution in [3.63, 3.8) is 0 Å². The fourth-order valence-corrected chi connectivity index (χ4v) is 4.54. The number of anilines is 1. The first-order valence-corrected chi connectivity index (χ1v) is 9.31. The molecule has 0 spiro atoms. The summed E-state index contributed by atoms with van der Waals surface area (Å²) in [5, 5.41) is 7.79. The van der Waals surface area contributed by atoms with E-state index in [4.69, 9.17) is 5.11 Å². The van der Waals surface area contributed by atoms with Gasteiger partial charge in [0.25, 0.3) is 0 Å². The van der Waals surface area contributed by atoms with Crippen LogP contribution in [0, 0.1) is 0 Å². The number of hydrogen-bond acceptors (Lipinski definition) is 5. The van der Waals surface area contributed by atoms with Crippen molar-refractivity contribution in [2.24, 2.45) is 0 Å². The predicted molar refractivity (Wildman–Crippen MR) is 74.1 cm³/mol. The van der Waals surface area contributed by atoms with Crippen LogP contribution in [0.3, 0.4) is 0 Å². The highest BCUT2D eigenvalue weighted by Crippen LogP contribution is 2.14. The number of aryl methyl sites for hydroxylation is 1. The van der Waals surface area contributed by atoms with Gasteiger partial charge >= 0.3 is 0 Å². The van der Waals surface area contributed by atoms with Crippen molar-refractivity contribution in [2.45, 2.75) is 12.8 Å². The SMILES string of the molecule is CS(=O)(=O)CS(=O)(=O)Nc1cccc(CCCO)c1. The number of sulfone groups is 1. The van der Waals surface area contributed by atoms with Crippen LogP contribution in [0.5, 0.6) is 0 Å². The van der Waals surface area contributed by atoms with E-state index in [9.17, 15) is 16.8 Å². The Labute approximate surface area is 113 Å². The number of benzene rings is 1. The number of hydrogen-bond donors (Lipinski definition) is 2. The first-order chi connectivity index (χ1) is 8.72. The highest BCUT2D eigenvalue weighted by molar-refractivity contribution is 8.08. The van der Waals surface area contributed by atoms with Crippen LogP contribution in [-0.2, 0) is 26.3 Å². The van der Waals surface area contributed by atoms with E-state index in [1.165, 1.54) is 0 Å². The Morgan fingerprint density at radius 1 is 1.21 bits per heavy atom. The zero-order chi connectivity index (χ0) is 14.5. The zero-order valence-corrected chi connectivity index (χ0v) is 12.2. The molecule has 0 bridgehead atoms. The third-order valence-corrected chi connectivity index (χ3v) is 5.69. The highest BCUT2D eigenvalue weighted by atomic mass is 32.3. The van der Waals surface area contributed by atoms with Crippen LogP contribution >= 0.6 is 0 Å². The van der Waals surface area contributed by atoms with Gasteiger partial charge in [0.2, 0.25) is 10.0 Å². The van der Waals surface area contributed by atoms with Crippen molar-refractivity contribution in [3.05, 3.63) is 29.8 Å². The molecule has 0 radical (unpaired) electrons. The van der Waals surface area contributed by atoms with Crippen molar-refractivity contribution >= 4 is 25.5 Å². The fraction of sp³-hybridized carbons (Fsp3) is 0.455. The van der Waals surface area contributed by atoms with Crippen molar-refractivity contribution in [2.75, 3.05) is 22.7 Å². The fourth-order valence-electron chi connectivity index (χ4n) is 1.56. The third kappa shape index (κ3) is 6.55. The lowest BCUT2D eigenvalue weighted by atomic mass is 10.1. The first kappa shape index (κ1) is 15.9. The maximum atomic E-state index is 11.6. The smallest absolute Gasteiger partial charge is 0.247 e. The average molecular weight is 307 g/mol. The third-order valence-electron chi connectivity index (χ3n) is 2.19. The molecule has 0 saturated carbocycles. The van der Waals surface area contributed by atoms with E-state index < -0.39 is 24.9 Å². The van der Waals surface area contributed by atoms with Crippen molar-refractivity contribution in [1.82, 2.24) is 0 Å². The van der Waals surface area contributed by atoms with E-state index >= 15 is 0 Å². The Kier molecular flexibility index (Phi) is 5.33. The molecule has 1 aromatic rings. The summed E-state index contributed by atoms with van der Waals surface area (Å²) in [7, 11) is -7.53. The second-order valence-electron chi connectivity index (χ2n) is 4.29. The van der Waals surface area contributed by atoms with Gasteiger partial charge in [-0.1, -0.05) is 12.1 Å². The second kappa shape index (κ2) is 6.36. The molecule has 0 unspecified atom stereocenters. The molecular weight excluding hydrogens is 290 g/mol. The van der Waals surface area contributed by atoms with Gasteiger partial charge in [0.1, 0.15) is 0 Å². The molecule has 0 atom stereocenters. The van der Waals surface area contributed by atoms with Crippen molar-refractivity contribution in [3.8, 4) is 0 Å². The molecule has 0 saturated heterocycles. The summed E-state index contributed by atoms with van der Waals surface area (Å²) in [6.45, 7) is 0.0596. The van der Waals surface area contributed by atoms with E-state index in [0.717, 1.165) is 11.8 Å². The minimum atomic E-state index is -3.92. The van der Waals surface area contributed by atoms with Crippen LogP contribution in [0.15, 0.2) is 24.3 Å². The number of sulfonamides is 1. The Bertz CT molecular complexity index is 622. The molecule has 0 aliphatic heterocycles. The number of aliphatic hydroxyl groups is 1. The van der Waals surface area contributed by atoms with Crippen LogP contribution in [-0.4, -0.2) is 39.9 Å². The van der Waals surface area contributed by atoms with E-state index in [0.29, 0.717) is 18.5 Å². The van der Waals surface area contributed by atoms with Gasteiger partial charge in [0.15, 0.2) is 14.9 Å². The maximum Gasteiger partial charge on any atom is 0.247 e. The average Bonchev–Trinajstić information content (AvgIpc) is 2.22. The molecule has 1 rings (SSSR count). The monoisotopic (exact) mass is 307 g/mol. The van der Waals surface area contributed by atoms with Crippen LogP contribution in [0.25, 0.3) is 0 Å². The summed E-state index contributed by atoms with van der Waals surface area (Å²) in [5.74, 6) is 0. The Hall–Kier alpha value is -1.12. The lowest BCUT2D eigenvalue weighted by Crippen LogP contribution is -2.22. The van der Waals surface area contributed by atoms with E-state index in [-0.39, 0.29) is 6.61 Å². The molecular formula is C11H17NO5S2. The van der Waals surface area contributed by atoms with Crippen LogP contribution < -0.4 is 4.72 Å². The summed E-state index contributed by atoms with van der Waals surface area (Å²) in [4.78, 5) is 0. The van der Waals surface area contributed by atoms with Gasteiger partial charge in [0.05, 0.1) is 0 Å². The zero-order valence-electron chi connectivity index (χ0n) is 10.5. The number of aliphatic hydroxyl groups excluding tert-OH is 1. The molecule has 0 aliphatic rings. The normalized spacial score (nSPS) is 12.3. The Morgan fingerprint density at radius 2 is 1.89 bits per heavy atom. The molecule has 0 aliphatic carbocycles. The minimum absolute atomic E-state index is 0.0596. The quantitative estimate of drug-likeness (QED) is 0.757. The molecule has 0 aromatic heterocycles. The lowest BCUT2D eigenvalue weighted by molar-refractivity contribution is 0.288. The van der Waals surface area contributed by atoms with Crippen molar-refractivity contribution < 1.29 is 21.9 Å². The first-order valence-electron chi connectivity index (χ1n) is 5.60. The minimum Gasteiger partial charge on any atom is -0.396 e. The van der Waals surface area contributed by atoms with Gasteiger partial charge in [0, 0.05) is 18.6 Å². The topological polar surface area (TPSA) is 101 Å².